The Kier molecular flexibility index (Phi) is 8.51. The summed E-state index contributed by atoms with van der Waals surface area (Å²) in [4.78, 5) is 24.1. The van der Waals surface area contributed by atoms with Gasteiger partial charge in [-0.3, -0.25) is 14.9 Å². The van der Waals surface area contributed by atoms with Crippen molar-refractivity contribution in [2.24, 2.45) is 0 Å². The summed E-state index contributed by atoms with van der Waals surface area (Å²) >= 11 is 8.22. The third-order valence-electron chi connectivity index (χ3n) is 3.61. The van der Waals surface area contributed by atoms with Crippen LogP contribution in [-0.4, -0.2) is 41.0 Å². The van der Waals surface area contributed by atoms with Gasteiger partial charge < -0.3 is 14.8 Å². The predicted octanol–water partition coefficient (Wildman–Crippen LogP) is 4.34. The molecule has 0 saturated carbocycles. The van der Waals surface area contributed by atoms with Crippen LogP contribution < -0.4 is 20.1 Å². The highest BCUT2D eigenvalue weighted by Gasteiger charge is 2.11. The predicted molar refractivity (Wildman–Crippen MR) is 122 cm³/mol. The van der Waals surface area contributed by atoms with E-state index in [2.05, 4.69) is 20.8 Å². The van der Waals surface area contributed by atoms with Gasteiger partial charge in [-0.05, 0) is 55.5 Å². The molecule has 2 N–H and O–H groups in total. The maximum atomic E-state index is 12.1. The third kappa shape index (κ3) is 7.74. The zero-order valence-electron chi connectivity index (χ0n) is 16.5. The molecule has 0 aliphatic rings. The number of rotatable bonds is 10. The number of hydrogen-bond acceptors (Lipinski definition) is 8. The standard InChI is InChI=1S/C20H19ClN4O4S2/c1-2-28-15-9-5-14(6-10-15)22-18(27)12-30-20-25-24-19(31-20)23-17(26)11-29-16-7-3-13(21)4-8-16/h3-10H,2,11-12H2,1H3,(H,22,27)(H,23,24,26). The fraction of sp³-hybridized carbons (Fsp3) is 0.200. The molecule has 0 aliphatic carbocycles. The molecular weight excluding hydrogens is 460 g/mol. The Hall–Kier alpha value is -2.82. The highest BCUT2D eigenvalue weighted by atomic mass is 35.5. The zero-order valence-corrected chi connectivity index (χ0v) is 18.9. The summed E-state index contributed by atoms with van der Waals surface area (Å²) in [5.74, 6) is 0.904. The summed E-state index contributed by atoms with van der Waals surface area (Å²) in [7, 11) is 0. The molecule has 0 spiro atoms. The summed E-state index contributed by atoms with van der Waals surface area (Å²) in [5.41, 5.74) is 0.681. The topological polar surface area (TPSA) is 102 Å². The summed E-state index contributed by atoms with van der Waals surface area (Å²) in [6.07, 6.45) is 0. The number of halogens is 1. The first-order chi connectivity index (χ1) is 15.0. The van der Waals surface area contributed by atoms with E-state index >= 15 is 0 Å². The van der Waals surface area contributed by atoms with Gasteiger partial charge in [0.05, 0.1) is 12.4 Å². The monoisotopic (exact) mass is 478 g/mol. The molecule has 0 atom stereocenters. The van der Waals surface area contributed by atoms with E-state index in [4.69, 9.17) is 21.1 Å². The lowest BCUT2D eigenvalue weighted by molar-refractivity contribution is -0.118. The van der Waals surface area contributed by atoms with Crippen molar-refractivity contribution in [1.82, 2.24) is 10.2 Å². The Bertz CT molecular complexity index is 1010. The SMILES string of the molecule is CCOc1ccc(NC(=O)CSc2nnc(NC(=O)COc3ccc(Cl)cc3)s2)cc1. The maximum Gasteiger partial charge on any atom is 0.264 e. The summed E-state index contributed by atoms with van der Waals surface area (Å²) in [6, 6.07) is 13.8. The van der Waals surface area contributed by atoms with Gasteiger partial charge in [0.1, 0.15) is 11.5 Å². The number of nitrogens with one attached hydrogen (secondary N) is 2. The molecule has 1 aromatic heterocycles. The molecule has 3 rings (SSSR count). The number of carbonyl (C=O) groups is 2. The molecule has 0 aliphatic heterocycles. The highest BCUT2D eigenvalue weighted by Crippen LogP contribution is 2.26. The van der Waals surface area contributed by atoms with Gasteiger partial charge >= 0.3 is 0 Å². The van der Waals surface area contributed by atoms with Gasteiger partial charge in [-0.2, -0.15) is 0 Å². The van der Waals surface area contributed by atoms with Crippen molar-refractivity contribution in [2.75, 3.05) is 29.6 Å². The van der Waals surface area contributed by atoms with Crippen LogP contribution in [0.4, 0.5) is 10.8 Å². The van der Waals surface area contributed by atoms with Crippen LogP contribution in [0, 0.1) is 0 Å². The van der Waals surface area contributed by atoms with E-state index in [-0.39, 0.29) is 24.2 Å². The van der Waals surface area contributed by atoms with Crippen LogP contribution in [0.2, 0.25) is 5.02 Å². The minimum Gasteiger partial charge on any atom is -0.494 e. The average Bonchev–Trinajstić information content (AvgIpc) is 3.21. The minimum absolute atomic E-state index is 0.162. The molecule has 2 amide bonds. The summed E-state index contributed by atoms with van der Waals surface area (Å²) < 4.78 is 11.3. The molecule has 11 heteroatoms. The number of amides is 2. The van der Waals surface area contributed by atoms with Crippen molar-refractivity contribution in [3.05, 3.63) is 53.6 Å². The van der Waals surface area contributed by atoms with E-state index in [0.717, 1.165) is 5.75 Å². The van der Waals surface area contributed by atoms with Crippen LogP contribution in [-0.2, 0) is 9.59 Å². The number of anilines is 2. The molecular formula is C20H19ClN4O4S2. The molecule has 0 unspecified atom stereocenters. The summed E-state index contributed by atoms with van der Waals surface area (Å²) in [5, 5.41) is 14.2. The van der Waals surface area contributed by atoms with Crippen LogP contribution in [0.3, 0.4) is 0 Å². The molecule has 0 radical (unpaired) electrons. The van der Waals surface area contributed by atoms with Crippen LogP contribution in [0.15, 0.2) is 52.9 Å². The van der Waals surface area contributed by atoms with E-state index < -0.39 is 0 Å². The zero-order chi connectivity index (χ0) is 22.1. The number of carbonyl (C=O) groups excluding carboxylic acids is 2. The van der Waals surface area contributed by atoms with Gasteiger partial charge in [0.25, 0.3) is 5.91 Å². The van der Waals surface area contributed by atoms with E-state index in [9.17, 15) is 9.59 Å². The van der Waals surface area contributed by atoms with E-state index in [1.54, 1.807) is 48.5 Å². The van der Waals surface area contributed by atoms with Crippen LogP contribution >= 0.6 is 34.7 Å². The van der Waals surface area contributed by atoms with Crippen LogP contribution in [0.5, 0.6) is 11.5 Å². The lowest BCUT2D eigenvalue weighted by Gasteiger charge is -2.06. The maximum absolute atomic E-state index is 12.1. The smallest absolute Gasteiger partial charge is 0.264 e. The van der Waals surface area contributed by atoms with Crippen molar-refractivity contribution in [2.45, 2.75) is 11.3 Å². The quantitative estimate of drug-likeness (QED) is 0.330. The minimum atomic E-state index is -0.365. The first kappa shape index (κ1) is 22.9. The van der Waals surface area contributed by atoms with Crippen molar-refractivity contribution >= 4 is 57.3 Å². The number of hydrogen-bond donors (Lipinski definition) is 2. The Morgan fingerprint density at radius 3 is 2.35 bits per heavy atom. The number of thioether (sulfide) groups is 1. The molecule has 0 saturated heterocycles. The van der Waals surface area contributed by atoms with Crippen molar-refractivity contribution in [3.63, 3.8) is 0 Å². The molecule has 0 bridgehead atoms. The number of aromatic nitrogens is 2. The number of nitrogens with zero attached hydrogens (tertiary/aromatic N) is 2. The second-order valence-corrected chi connectivity index (χ2v) is 8.59. The average molecular weight is 479 g/mol. The largest absolute Gasteiger partial charge is 0.494 e. The van der Waals surface area contributed by atoms with Crippen molar-refractivity contribution < 1.29 is 19.1 Å². The third-order valence-corrected chi connectivity index (χ3v) is 5.84. The van der Waals surface area contributed by atoms with Gasteiger partial charge in [-0.15, -0.1) is 10.2 Å². The van der Waals surface area contributed by atoms with Crippen LogP contribution in [0.25, 0.3) is 0 Å². The van der Waals surface area contributed by atoms with Crippen molar-refractivity contribution in [3.8, 4) is 11.5 Å². The number of benzene rings is 2. The fourth-order valence-corrected chi connectivity index (χ4v) is 3.97. The first-order valence-electron chi connectivity index (χ1n) is 9.19. The highest BCUT2D eigenvalue weighted by molar-refractivity contribution is 8.01. The lowest BCUT2D eigenvalue weighted by atomic mass is 10.3. The van der Waals surface area contributed by atoms with Crippen molar-refractivity contribution in [1.29, 1.82) is 0 Å². The molecule has 2 aromatic carbocycles. The summed E-state index contributed by atoms with van der Waals surface area (Å²) in [6.45, 7) is 2.32. The van der Waals surface area contributed by atoms with Gasteiger partial charge in [0, 0.05) is 10.7 Å². The normalized spacial score (nSPS) is 10.4. The van der Waals surface area contributed by atoms with E-state index in [1.165, 1.54) is 23.1 Å². The molecule has 3 aromatic rings. The molecule has 1 heterocycles. The van der Waals surface area contributed by atoms with E-state index in [1.807, 2.05) is 6.92 Å². The fourth-order valence-electron chi connectivity index (χ4n) is 2.28. The van der Waals surface area contributed by atoms with E-state index in [0.29, 0.717) is 32.5 Å². The Labute approximate surface area is 192 Å². The second kappa shape index (κ2) is 11.5. The molecule has 31 heavy (non-hydrogen) atoms. The molecule has 162 valence electrons. The van der Waals surface area contributed by atoms with Gasteiger partial charge in [0.2, 0.25) is 11.0 Å². The van der Waals surface area contributed by atoms with Gasteiger partial charge in [0.15, 0.2) is 10.9 Å². The molecule has 8 nitrogen and oxygen atoms in total. The Morgan fingerprint density at radius 1 is 0.968 bits per heavy atom. The second-order valence-electron chi connectivity index (χ2n) is 5.96. The van der Waals surface area contributed by atoms with Gasteiger partial charge in [-0.25, -0.2) is 0 Å². The Balaban J connectivity index is 1.40. The molecule has 0 fully saturated rings. The number of ether oxygens (including phenoxy) is 2. The first-order valence-corrected chi connectivity index (χ1v) is 11.4. The van der Waals surface area contributed by atoms with Crippen LogP contribution in [0.1, 0.15) is 6.92 Å². The lowest BCUT2D eigenvalue weighted by Crippen LogP contribution is -2.20. The Morgan fingerprint density at radius 2 is 1.65 bits per heavy atom. The van der Waals surface area contributed by atoms with Gasteiger partial charge in [-0.1, -0.05) is 34.7 Å².